The van der Waals surface area contributed by atoms with Crippen molar-refractivity contribution in [3.05, 3.63) is 0 Å². The van der Waals surface area contributed by atoms with E-state index in [0.29, 0.717) is 13.1 Å². The Labute approximate surface area is 83.2 Å². The highest BCUT2D eigenvalue weighted by Gasteiger charge is 2.48. The molecule has 0 N–H and O–H groups in total. The highest BCUT2D eigenvalue weighted by Crippen LogP contribution is 2.41. The van der Waals surface area contributed by atoms with Crippen LogP contribution in [0, 0.1) is 0 Å². The fourth-order valence-electron chi connectivity index (χ4n) is 1.95. The third kappa shape index (κ3) is 1.28. The Morgan fingerprint density at radius 2 is 1.71 bits per heavy atom. The molecule has 0 amide bonds. The van der Waals surface area contributed by atoms with E-state index in [1.54, 1.807) is 4.31 Å². The molecule has 14 heavy (non-hydrogen) atoms. The summed E-state index contributed by atoms with van der Waals surface area (Å²) in [5.74, 6) is 0. The topological polar surface area (TPSA) is 62.1 Å². The summed E-state index contributed by atoms with van der Waals surface area (Å²) in [6.45, 7) is 1.21. The highest BCUT2D eigenvalue weighted by molar-refractivity contribution is 7.90. The maximum atomic E-state index is 11.8. The lowest BCUT2D eigenvalue weighted by Crippen LogP contribution is -2.42. The zero-order valence-corrected chi connectivity index (χ0v) is 8.70. The molecule has 0 aromatic carbocycles. The summed E-state index contributed by atoms with van der Waals surface area (Å²) < 4.78 is 25.3. The first kappa shape index (κ1) is 8.79. The number of piperidine rings is 1. The first-order valence-corrected chi connectivity index (χ1v) is 6.56. The van der Waals surface area contributed by atoms with E-state index in [2.05, 4.69) is 10.2 Å². The van der Waals surface area contributed by atoms with Crippen molar-refractivity contribution in [1.29, 1.82) is 0 Å². The molecule has 1 saturated heterocycles. The number of rotatable bonds is 2. The Bertz CT molecular complexity index is 369. The predicted octanol–water partition coefficient (Wildman–Crippen LogP) is 0.737. The van der Waals surface area contributed by atoms with Crippen LogP contribution in [0.3, 0.4) is 0 Å². The Kier molecular flexibility index (Phi) is 1.60. The molecule has 2 fully saturated rings. The second kappa shape index (κ2) is 2.55. The van der Waals surface area contributed by atoms with Crippen LogP contribution >= 0.6 is 0 Å². The Morgan fingerprint density at radius 1 is 1.14 bits per heavy atom. The summed E-state index contributed by atoms with van der Waals surface area (Å²) in [6.07, 6.45) is 3.25. The van der Waals surface area contributed by atoms with E-state index in [-0.39, 0.29) is 10.9 Å². The monoisotopic (exact) mass is 215 g/mol. The Balaban J connectivity index is 1.69. The molecular formula is C8H13N3O2S. The molecule has 3 aliphatic rings. The molecular weight excluding hydrogens is 202 g/mol. The fourth-order valence-corrected chi connectivity index (χ4v) is 3.79. The molecule has 3 rings (SSSR count). The van der Waals surface area contributed by atoms with Gasteiger partial charge in [0, 0.05) is 25.9 Å². The molecule has 0 aromatic heterocycles. The molecule has 6 heteroatoms. The number of sulfonamides is 1. The van der Waals surface area contributed by atoms with Gasteiger partial charge in [-0.2, -0.15) is 10.2 Å². The van der Waals surface area contributed by atoms with Gasteiger partial charge in [-0.25, -0.2) is 12.7 Å². The molecule has 5 nitrogen and oxygen atoms in total. The Hall–Kier alpha value is -0.490. The summed E-state index contributed by atoms with van der Waals surface area (Å²) in [4.78, 5) is 0. The lowest BCUT2D eigenvalue weighted by molar-refractivity contribution is 0.295. The maximum absolute atomic E-state index is 11.8. The van der Waals surface area contributed by atoms with E-state index in [0.717, 1.165) is 25.7 Å². The third-order valence-electron chi connectivity index (χ3n) is 3.21. The smallest absolute Gasteiger partial charge is 0.212 e. The molecule has 0 unspecified atom stereocenters. The van der Waals surface area contributed by atoms with Gasteiger partial charge in [-0.1, -0.05) is 0 Å². The van der Waals surface area contributed by atoms with Crippen molar-refractivity contribution in [2.24, 2.45) is 10.2 Å². The Morgan fingerprint density at radius 3 is 2.14 bits per heavy atom. The quantitative estimate of drug-likeness (QED) is 0.682. The van der Waals surface area contributed by atoms with Crippen LogP contribution in [-0.2, 0) is 10.0 Å². The van der Waals surface area contributed by atoms with Crippen molar-refractivity contribution in [2.45, 2.75) is 36.6 Å². The van der Waals surface area contributed by atoms with Gasteiger partial charge >= 0.3 is 0 Å². The molecule has 0 radical (unpaired) electrons. The van der Waals surface area contributed by atoms with E-state index in [1.807, 2.05) is 0 Å². The van der Waals surface area contributed by atoms with E-state index in [9.17, 15) is 8.42 Å². The second-order valence-corrected chi connectivity index (χ2v) is 6.54. The molecule has 0 bridgehead atoms. The van der Waals surface area contributed by atoms with E-state index in [1.165, 1.54) is 0 Å². The molecule has 2 heterocycles. The van der Waals surface area contributed by atoms with Crippen LogP contribution in [0.15, 0.2) is 10.2 Å². The van der Waals surface area contributed by atoms with Gasteiger partial charge in [-0.15, -0.1) is 0 Å². The average Bonchev–Trinajstić information content (AvgIpc) is 2.97. The van der Waals surface area contributed by atoms with Crippen molar-refractivity contribution in [3.8, 4) is 0 Å². The lowest BCUT2D eigenvalue weighted by atomic mass is 10.0. The maximum Gasteiger partial charge on any atom is 0.216 e. The minimum atomic E-state index is -2.96. The molecule has 1 saturated carbocycles. The van der Waals surface area contributed by atoms with E-state index < -0.39 is 10.0 Å². The number of hydrogen-bond acceptors (Lipinski definition) is 4. The van der Waals surface area contributed by atoms with Crippen molar-refractivity contribution < 1.29 is 8.42 Å². The summed E-state index contributed by atoms with van der Waals surface area (Å²) in [7, 11) is -2.96. The van der Waals surface area contributed by atoms with Crippen molar-refractivity contribution in [3.63, 3.8) is 0 Å². The molecule has 78 valence electrons. The fraction of sp³-hybridized carbons (Fsp3) is 1.00. The van der Waals surface area contributed by atoms with Crippen LogP contribution < -0.4 is 0 Å². The number of hydrogen-bond donors (Lipinski definition) is 0. The van der Waals surface area contributed by atoms with Gasteiger partial charge in [0.15, 0.2) is 5.66 Å². The number of nitrogens with zero attached hydrogens (tertiary/aromatic N) is 3. The lowest BCUT2D eigenvalue weighted by Gasteiger charge is -2.28. The standard InChI is InChI=1S/C8H13N3O2S/c12-14(13,7-1-2-7)11-5-3-8(4-6-11)9-10-8/h7H,1-6H2. The van der Waals surface area contributed by atoms with Crippen LogP contribution in [0.1, 0.15) is 25.7 Å². The van der Waals surface area contributed by atoms with Gasteiger partial charge in [0.05, 0.1) is 5.25 Å². The minimum absolute atomic E-state index is 0.0790. The minimum Gasteiger partial charge on any atom is -0.212 e. The summed E-state index contributed by atoms with van der Waals surface area (Å²) >= 11 is 0. The van der Waals surface area contributed by atoms with E-state index in [4.69, 9.17) is 0 Å². The normalized spacial score (nSPS) is 30.9. The first-order valence-electron chi connectivity index (χ1n) is 5.05. The van der Waals surface area contributed by atoms with Crippen molar-refractivity contribution >= 4 is 10.0 Å². The van der Waals surface area contributed by atoms with Gasteiger partial charge in [0.1, 0.15) is 0 Å². The second-order valence-electron chi connectivity index (χ2n) is 4.33. The van der Waals surface area contributed by atoms with Gasteiger partial charge in [-0.3, -0.25) is 0 Å². The summed E-state index contributed by atoms with van der Waals surface area (Å²) in [5.41, 5.74) is -0.171. The van der Waals surface area contributed by atoms with Crippen molar-refractivity contribution in [2.75, 3.05) is 13.1 Å². The van der Waals surface area contributed by atoms with E-state index >= 15 is 0 Å². The van der Waals surface area contributed by atoms with Gasteiger partial charge < -0.3 is 0 Å². The third-order valence-corrected chi connectivity index (χ3v) is 5.61. The summed E-state index contributed by atoms with van der Waals surface area (Å²) in [5, 5.41) is 7.87. The molecule has 1 spiro atoms. The van der Waals surface area contributed by atoms with Gasteiger partial charge in [-0.05, 0) is 12.8 Å². The molecule has 0 atom stereocenters. The SMILES string of the molecule is O=S(=O)(C1CC1)N1CCC2(CC1)N=N2. The largest absolute Gasteiger partial charge is 0.216 e. The molecule has 1 aliphatic carbocycles. The van der Waals surface area contributed by atoms with Gasteiger partial charge in [0.25, 0.3) is 0 Å². The van der Waals surface area contributed by atoms with Gasteiger partial charge in [0.2, 0.25) is 10.0 Å². The zero-order chi connectivity index (χ0) is 9.81. The first-order chi connectivity index (χ1) is 6.62. The molecule has 2 aliphatic heterocycles. The van der Waals surface area contributed by atoms with Crippen LogP contribution in [0.4, 0.5) is 0 Å². The molecule has 0 aromatic rings. The average molecular weight is 215 g/mol. The van der Waals surface area contributed by atoms with Crippen LogP contribution in [0.25, 0.3) is 0 Å². The van der Waals surface area contributed by atoms with Crippen LogP contribution in [0.2, 0.25) is 0 Å². The predicted molar refractivity (Wildman–Crippen MR) is 50.3 cm³/mol. The highest BCUT2D eigenvalue weighted by atomic mass is 32.2. The zero-order valence-electron chi connectivity index (χ0n) is 7.89. The van der Waals surface area contributed by atoms with Crippen LogP contribution in [0.5, 0.6) is 0 Å². The summed E-state index contributed by atoms with van der Waals surface area (Å²) in [6, 6.07) is 0. The van der Waals surface area contributed by atoms with Crippen LogP contribution in [-0.4, -0.2) is 36.7 Å². The van der Waals surface area contributed by atoms with Crippen molar-refractivity contribution in [1.82, 2.24) is 4.31 Å².